The van der Waals surface area contributed by atoms with Gasteiger partial charge >= 0.3 is 0 Å². The van der Waals surface area contributed by atoms with Crippen molar-refractivity contribution in [2.24, 2.45) is 0 Å². The largest absolute Gasteiger partial charge is 0.392 e. The third-order valence-electron chi connectivity index (χ3n) is 2.88. The third kappa shape index (κ3) is 2.77. The number of hydrogen-bond donors (Lipinski definition) is 1. The molecule has 0 heterocycles. The van der Waals surface area contributed by atoms with Crippen LogP contribution in [0.2, 0.25) is 0 Å². The molecule has 0 aliphatic rings. The van der Waals surface area contributed by atoms with Crippen molar-refractivity contribution in [3.63, 3.8) is 0 Å². The zero-order valence-electron chi connectivity index (χ0n) is 10.5. The number of hydrogen-bond acceptors (Lipinski definition) is 3. The quantitative estimate of drug-likeness (QED) is 0.930. The van der Waals surface area contributed by atoms with Gasteiger partial charge in [0.25, 0.3) is 10.0 Å². The highest BCUT2D eigenvalue weighted by molar-refractivity contribution is 7.92. The molecule has 19 heavy (non-hydrogen) atoms. The Morgan fingerprint density at radius 3 is 2.11 bits per heavy atom. The van der Waals surface area contributed by atoms with Crippen molar-refractivity contribution < 1.29 is 13.5 Å². The predicted molar refractivity (Wildman–Crippen MR) is 74.4 cm³/mol. The van der Waals surface area contributed by atoms with Crippen LogP contribution in [-0.4, -0.2) is 20.6 Å². The number of sulfonamides is 1. The van der Waals surface area contributed by atoms with Crippen LogP contribution in [0.3, 0.4) is 0 Å². The summed E-state index contributed by atoms with van der Waals surface area (Å²) in [6.45, 7) is -0.0601. The van der Waals surface area contributed by atoms with Crippen molar-refractivity contribution in [2.75, 3.05) is 11.4 Å². The van der Waals surface area contributed by atoms with Crippen molar-refractivity contribution in [3.05, 3.63) is 60.2 Å². The lowest BCUT2D eigenvalue weighted by molar-refractivity contribution is 0.282. The molecule has 2 aromatic rings. The molecule has 0 radical (unpaired) electrons. The van der Waals surface area contributed by atoms with Gasteiger partial charge in [-0.3, -0.25) is 4.31 Å². The van der Waals surface area contributed by atoms with Gasteiger partial charge in [0.2, 0.25) is 0 Å². The van der Waals surface area contributed by atoms with Gasteiger partial charge in [0, 0.05) is 7.05 Å². The van der Waals surface area contributed by atoms with Crippen LogP contribution in [0.5, 0.6) is 0 Å². The zero-order chi connectivity index (χ0) is 13.9. The van der Waals surface area contributed by atoms with Crippen LogP contribution in [0.4, 0.5) is 5.69 Å². The molecule has 0 fully saturated rings. The maximum Gasteiger partial charge on any atom is 0.264 e. The molecule has 0 saturated carbocycles. The number of benzene rings is 2. The summed E-state index contributed by atoms with van der Waals surface area (Å²) in [4.78, 5) is 0.253. The Morgan fingerprint density at radius 1 is 1.00 bits per heavy atom. The molecule has 5 heteroatoms. The average molecular weight is 277 g/mol. The SMILES string of the molecule is CN(c1ccc(CO)cc1)S(=O)(=O)c1ccccc1. The maximum absolute atomic E-state index is 12.4. The second kappa shape index (κ2) is 5.42. The average Bonchev–Trinajstić information content (AvgIpc) is 2.47. The molecule has 0 unspecified atom stereocenters. The molecule has 0 atom stereocenters. The summed E-state index contributed by atoms with van der Waals surface area (Å²) in [6.07, 6.45) is 0. The van der Waals surface area contributed by atoms with Crippen LogP contribution in [0.25, 0.3) is 0 Å². The fraction of sp³-hybridized carbons (Fsp3) is 0.143. The van der Waals surface area contributed by atoms with E-state index in [-0.39, 0.29) is 11.5 Å². The minimum Gasteiger partial charge on any atom is -0.392 e. The summed E-state index contributed by atoms with van der Waals surface area (Å²) in [5.74, 6) is 0. The summed E-state index contributed by atoms with van der Waals surface area (Å²) in [7, 11) is -2.03. The van der Waals surface area contributed by atoms with E-state index in [1.807, 2.05) is 0 Å². The molecule has 0 bridgehead atoms. The van der Waals surface area contributed by atoms with Crippen molar-refractivity contribution >= 4 is 15.7 Å². The fourth-order valence-corrected chi connectivity index (χ4v) is 2.92. The molecule has 0 aliphatic carbocycles. The van der Waals surface area contributed by atoms with E-state index < -0.39 is 10.0 Å². The van der Waals surface area contributed by atoms with E-state index in [0.29, 0.717) is 5.69 Å². The molecule has 2 aromatic carbocycles. The van der Waals surface area contributed by atoms with Crippen LogP contribution in [-0.2, 0) is 16.6 Å². The van der Waals surface area contributed by atoms with Crippen LogP contribution < -0.4 is 4.31 Å². The van der Waals surface area contributed by atoms with E-state index in [0.717, 1.165) is 5.56 Å². The van der Waals surface area contributed by atoms with Crippen molar-refractivity contribution in [3.8, 4) is 0 Å². The van der Waals surface area contributed by atoms with Gasteiger partial charge in [0.1, 0.15) is 0 Å². The van der Waals surface area contributed by atoms with Gasteiger partial charge in [-0.1, -0.05) is 30.3 Å². The Hall–Kier alpha value is -1.85. The minimum atomic E-state index is -3.54. The highest BCUT2D eigenvalue weighted by Crippen LogP contribution is 2.22. The first kappa shape index (κ1) is 13.6. The summed E-state index contributed by atoms with van der Waals surface area (Å²) in [6, 6.07) is 15.0. The maximum atomic E-state index is 12.4. The standard InChI is InChI=1S/C14H15NO3S/c1-15(13-9-7-12(11-16)8-10-13)19(17,18)14-5-3-2-4-6-14/h2-10,16H,11H2,1H3. The van der Waals surface area contributed by atoms with Crippen LogP contribution >= 0.6 is 0 Å². The molecule has 0 aromatic heterocycles. The number of rotatable bonds is 4. The summed E-state index contributed by atoms with van der Waals surface area (Å²) >= 11 is 0. The van der Waals surface area contributed by atoms with Crippen molar-refractivity contribution in [2.45, 2.75) is 11.5 Å². The lowest BCUT2D eigenvalue weighted by Crippen LogP contribution is -2.26. The summed E-state index contributed by atoms with van der Waals surface area (Å²) in [5.41, 5.74) is 1.30. The van der Waals surface area contributed by atoms with Crippen LogP contribution in [0.1, 0.15) is 5.56 Å². The Morgan fingerprint density at radius 2 is 1.58 bits per heavy atom. The van der Waals surface area contributed by atoms with E-state index in [1.165, 1.54) is 11.4 Å². The monoisotopic (exact) mass is 277 g/mol. The van der Waals surface area contributed by atoms with Gasteiger partial charge in [-0.2, -0.15) is 0 Å². The third-order valence-corrected chi connectivity index (χ3v) is 4.68. The summed E-state index contributed by atoms with van der Waals surface area (Å²) in [5, 5.41) is 8.97. The van der Waals surface area contributed by atoms with Gasteiger partial charge in [-0.25, -0.2) is 8.42 Å². The molecular formula is C14H15NO3S. The Balaban J connectivity index is 2.35. The normalized spacial score (nSPS) is 11.3. The highest BCUT2D eigenvalue weighted by atomic mass is 32.2. The first-order valence-electron chi connectivity index (χ1n) is 5.79. The topological polar surface area (TPSA) is 57.6 Å². The second-order valence-corrected chi connectivity index (χ2v) is 6.08. The van der Waals surface area contributed by atoms with E-state index in [4.69, 9.17) is 5.11 Å². The van der Waals surface area contributed by atoms with Gasteiger partial charge in [0.15, 0.2) is 0 Å². The number of anilines is 1. The molecule has 0 amide bonds. The van der Waals surface area contributed by atoms with Crippen LogP contribution in [0, 0.1) is 0 Å². The van der Waals surface area contributed by atoms with Crippen molar-refractivity contribution in [1.82, 2.24) is 0 Å². The first-order chi connectivity index (χ1) is 9.05. The van der Waals surface area contributed by atoms with E-state index in [9.17, 15) is 8.42 Å². The van der Waals surface area contributed by atoms with E-state index >= 15 is 0 Å². The van der Waals surface area contributed by atoms with Gasteiger partial charge in [-0.05, 0) is 29.8 Å². The summed E-state index contributed by atoms with van der Waals surface area (Å²) < 4.78 is 26.0. The van der Waals surface area contributed by atoms with Crippen LogP contribution in [0.15, 0.2) is 59.5 Å². The molecule has 1 N–H and O–H groups in total. The van der Waals surface area contributed by atoms with Crippen molar-refractivity contribution in [1.29, 1.82) is 0 Å². The molecule has 0 aliphatic heterocycles. The smallest absolute Gasteiger partial charge is 0.264 e. The molecule has 0 saturated heterocycles. The van der Waals surface area contributed by atoms with E-state index in [1.54, 1.807) is 54.6 Å². The lowest BCUT2D eigenvalue weighted by Gasteiger charge is -2.19. The van der Waals surface area contributed by atoms with Gasteiger partial charge in [0.05, 0.1) is 17.2 Å². The Labute approximate surface area is 113 Å². The molecule has 100 valence electrons. The Kier molecular flexibility index (Phi) is 3.87. The van der Waals surface area contributed by atoms with E-state index in [2.05, 4.69) is 0 Å². The van der Waals surface area contributed by atoms with Gasteiger partial charge in [-0.15, -0.1) is 0 Å². The molecule has 0 spiro atoms. The number of aliphatic hydroxyl groups excluding tert-OH is 1. The molecule has 4 nitrogen and oxygen atoms in total. The fourth-order valence-electron chi connectivity index (χ4n) is 1.70. The second-order valence-electron chi connectivity index (χ2n) is 4.11. The lowest BCUT2D eigenvalue weighted by atomic mass is 10.2. The zero-order valence-corrected chi connectivity index (χ0v) is 11.3. The Bertz CT molecular complexity index is 636. The minimum absolute atomic E-state index is 0.0601. The number of nitrogens with zero attached hydrogens (tertiary/aromatic N) is 1. The predicted octanol–water partition coefficient (Wildman–Crippen LogP) is 2.00. The number of aliphatic hydroxyl groups is 1. The van der Waals surface area contributed by atoms with Gasteiger partial charge < -0.3 is 5.11 Å². The molecular weight excluding hydrogens is 262 g/mol. The first-order valence-corrected chi connectivity index (χ1v) is 7.23. The molecule has 2 rings (SSSR count). The highest BCUT2D eigenvalue weighted by Gasteiger charge is 2.20.